The Balaban J connectivity index is 1.71. The van der Waals surface area contributed by atoms with Crippen LogP contribution in [0.4, 0.5) is 0 Å². The fourth-order valence-electron chi connectivity index (χ4n) is 2.16. The summed E-state index contributed by atoms with van der Waals surface area (Å²) in [5.41, 5.74) is 1.27. The maximum absolute atomic E-state index is 5.07. The number of rotatable bonds is 4. The lowest BCUT2D eigenvalue weighted by atomic mass is 10.0. The summed E-state index contributed by atoms with van der Waals surface area (Å²) in [6.45, 7) is 3.19. The van der Waals surface area contributed by atoms with E-state index in [2.05, 4.69) is 57.9 Å². The molecule has 96 valence electrons. The van der Waals surface area contributed by atoms with Crippen molar-refractivity contribution >= 4 is 10.8 Å². The number of fused-ring (bicyclic) bond motifs is 1. The van der Waals surface area contributed by atoms with Gasteiger partial charge in [0.15, 0.2) is 5.82 Å². The van der Waals surface area contributed by atoms with E-state index in [9.17, 15) is 0 Å². The maximum Gasteiger partial charge on any atom is 0.240 e. The van der Waals surface area contributed by atoms with Gasteiger partial charge in [0, 0.05) is 6.54 Å². The third-order valence-electron chi connectivity index (χ3n) is 3.04. The fraction of sp³-hybridized carbons (Fsp3) is 0.200. The van der Waals surface area contributed by atoms with Gasteiger partial charge in [-0.05, 0) is 23.3 Å². The Bertz CT molecular complexity index is 685. The van der Waals surface area contributed by atoms with Gasteiger partial charge < -0.3 is 9.84 Å². The SMILES string of the molecule is Cc1noc(CNCc2cccc3ccccc23)n1. The van der Waals surface area contributed by atoms with E-state index in [-0.39, 0.29) is 0 Å². The van der Waals surface area contributed by atoms with Crippen LogP contribution in [0.15, 0.2) is 47.0 Å². The molecule has 0 amide bonds. The minimum atomic E-state index is 0.587. The van der Waals surface area contributed by atoms with Crippen LogP contribution in [0.25, 0.3) is 10.8 Å². The second kappa shape index (κ2) is 5.20. The first-order valence-electron chi connectivity index (χ1n) is 6.29. The standard InChI is InChI=1S/C15H15N3O/c1-11-17-15(19-18-11)10-16-9-13-7-4-6-12-5-2-3-8-14(12)13/h2-8,16H,9-10H2,1H3. The molecule has 1 heterocycles. The third kappa shape index (κ3) is 2.63. The number of nitrogens with zero attached hydrogens (tertiary/aromatic N) is 2. The van der Waals surface area contributed by atoms with Crippen molar-refractivity contribution in [3.05, 3.63) is 59.7 Å². The first-order chi connectivity index (χ1) is 9.33. The average molecular weight is 253 g/mol. The van der Waals surface area contributed by atoms with Crippen LogP contribution >= 0.6 is 0 Å². The summed E-state index contributed by atoms with van der Waals surface area (Å²) in [4.78, 5) is 4.16. The smallest absolute Gasteiger partial charge is 0.240 e. The second-order valence-corrected chi connectivity index (χ2v) is 4.48. The lowest BCUT2D eigenvalue weighted by Gasteiger charge is -2.06. The van der Waals surface area contributed by atoms with Crippen LogP contribution in [-0.4, -0.2) is 10.1 Å². The van der Waals surface area contributed by atoms with Crippen LogP contribution in [0.3, 0.4) is 0 Å². The van der Waals surface area contributed by atoms with Gasteiger partial charge in [-0.1, -0.05) is 47.6 Å². The molecule has 0 radical (unpaired) electrons. The first kappa shape index (κ1) is 11.9. The summed E-state index contributed by atoms with van der Waals surface area (Å²) < 4.78 is 5.07. The van der Waals surface area contributed by atoms with E-state index in [4.69, 9.17) is 4.52 Å². The Labute approximate surface area is 111 Å². The Hall–Kier alpha value is -2.20. The zero-order valence-corrected chi connectivity index (χ0v) is 10.8. The van der Waals surface area contributed by atoms with Crippen molar-refractivity contribution in [3.63, 3.8) is 0 Å². The first-order valence-corrected chi connectivity index (χ1v) is 6.29. The van der Waals surface area contributed by atoms with Crippen LogP contribution in [0.2, 0.25) is 0 Å². The molecule has 0 fully saturated rings. The average Bonchev–Trinajstić information content (AvgIpc) is 2.85. The monoisotopic (exact) mass is 253 g/mol. The molecule has 4 nitrogen and oxygen atoms in total. The predicted octanol–water partition coefficient (Wildman–Crippen LogP) is 2.82. The van der Waals surface area contributed by atoms with Crippen molar-refractivity contribution in [1.82, 2.24) is 15.5 Å². The summed E-state index contributed by atoms with van der Waals surface area (Å²) in [5.74, 6) is 1.29. The van der Waals surface area contributed by atoms with E-state index in [1.165, 1.54) is 16.3 Å². The minimum absolute atomic E-state index is 0.587. The van der Waals surface area contributed by atoms with Gasteiger partial charge in [-0.2, -0.15) is 4.98 Å². The summed E-state index contributed by atoms with van der Waals surface area (Å²) in [6, 6.07) is 14.7. The number of hydrogen-bond acceptors (Lipinski definition) is 4. The van der Waals surface area contributed by atoms with Crippen LogP contribution in [-0.2, 0) is 13.1 Å². The van der Waals surface area contributed by atoms with Gasteiger partial charge in [0.05, 0.1) is 6.54 Å². The number of nitrogens with one attached hydrogen (secondary N) is 1. The molecule has 3 rings (SSSR count). The molecule has 0 aliphatic heterocycles. The largest absolute Gasteiger partial charge is 0.338 e. The van der Waals surface area contributed by atoms with Crippen molar-refractivity contribution in [1.29, 1.82) is 0 Å². The molecule has 0 atom stereocenters. The molecule has 0 aliphatic rings. The number of aromatic nitrogens is 2. The van der Waals surface area contributed by atoms with E-state index in [1.807, 2.05) is 6.92 Å². The van der Waals surface area contributed by atoms with Gasteiger partial charge in [-0.15, -0.1) is 0 Å². The van der Waals surface area contributed by atoms with Crippen molar-refractivity contribution in [2.45, 2.75) is 20.0 Å². The van der Waals surface area contributed by atoms with Crippen LogP contribution in [0.5, 0.6) is 0 Å². The lowest BCUT2D eigenvalue weighted by Crippen LogP contribution is -2.13. The normalized spacial score (nSPS) is 11.0. The molecule has 0 spiro atoms. The van der Waals surface area contributed by atoms with Gasteiger partial charge in [0.25, 0.3) is 0 Å². The van der Waals surface area contributed by atoms with Crippen molar-refractivity contribution in [2.75, 3.05) is 0 Å². The van der Waals surface area contributed by atoms with Gasteiger partial charge >= 0.3 is 0 Å². The molecule has 4 heteroatoms. The highest BCUT2D eigenvalue weighted by Gasteiger charge is 2.03. The molecule has 0 bridgehead atoms. The summed E-state index contributed by atoms with van der Waals surface area (Å²) in [7, 11) is 0. The molecule has 0 unspecified atom stereocenters. The van der Waals surface area contributed by atoms with Crippen molar-refractivity contribution < 1.29 is 4.52 Å². The Morgan fingerprint density at radius 3 is 2.74 bits per heavy atom. The Morgan fingerprint density at radius 2 is 1.89 bits per heavy atom. The minimum Gasteiger partial charge on any atom is -0.338 e. The number of benzene rings is 2. The predicted molar refractivity (Wildman–Crippen MR) is 73.5 cm³/mol. The van der Waals surface area contributed by atoms with Gasteiger partial charge in [-0.25, -0.2) is 0 Å². The molecule has 1 aromatic heterocycles. The molecule has 19 heavy (non-hydrogen) atoms. The zero-order valence-electron chi connectivity index (χ0n) is 10.8. The molecular formula is C15H15N3O. The molecule has 3 aromatic rings. The lowest BCUT2D eigenvalue weighted by molar-refractivity contribution is 0.364. The summed E-state index contributed by atoms with van der Waals surface area (Å²) in [6.07, 6.45) is 0. The second-order valence-electron chi connectivity index (χ2n) is 4.48. The highest BCUT2D eigenvalue weighted by molar-refractivity contribution is 5.85. The van der Waals surface area contributed by atoms with Gasteiger partial charge in [-0.3, -0.25) is 0 Å². The zero-order chi connectivity index (χ0) is 13.1. The Kier molecular flexibility index (Phi) is 3.25. The van der Waals surface area contributed by atoms with Gasteiger partial charge in [0.1, 0.15) is 0 Å². The van der Waals surface area contributed by atoms with E-state index in [1.54, 1.807) is 0 Å². The summed E-state index contributed by atoms with van der Waals surface area (Å²) in [5, 5.41) is 9.63. The number of hydrogen-bond donors (Lipinski definition) is 1. The fourth-order valence-corrected chi connectivity index (χ4v) is 2.16. The molecule has 0 saturated heterocycles. The Morgan fingerprint density at radius 1 is 1.05 bits per heavy atom. The quantitative estimate of drug-likeness (QED) is 0.776. The van der Waals surface area contributed by atoms with Gasteiger partial charge in [0.2, 0.25) is 5.89 Å². The van der Waals surface area contributed by atoms with E-state index >= 15 is 0 Å². The van der Waals surface area contributed by atoms with E-state index < -0.39 is 0 Å². The number of aryl methyl sites for hydroxylation is 1. The highest BCUT2D eigenvalue weighted by atomic mass is 16.5. The molecule has 2 aromatic carbocycles. The summed E-state index contributed by atoms with van der Waals surface area (Å²) >= 11 is 0. The topological polar surface area (TPSA) is 51.0 Å². The maximum atomic E-state index is 5.07. The molecule has 1 N–H and O–H groups in total. The van der Waals surface area contributed by atoms with E-state index in [0.29, 0.717) is 18.3 Å². The van der Waals surface area contributed by atoms with Crippen LogP contribution in [0.1, 0.15) is 17.3 Å². The van der Waals surface area contributed by atoms with Crippen molar-refractivity contribution in [2.24, 2.45) is 0 Å². The third-order valence-corrected chi connectivity index (χ3v) is 3.04. The van der Waals surface area contributed by atoms with E-state index in [0.717, 1.165) is 6.54 Å². The van der Waals surface area contributed by atoms with Crippen LogP contribution in [0, 0.1) is 6.92 Å². The highest BCUT2D eigenvalue weighted by Crippen LogP contribution is 2.18. The molecule has 0 saturated carbocycles. The molecule has 0 aliphatic carbocycles. The molecular weight excluding hydrogens is 238 g/mol. The van der Waals surface area contributed by atoms with Crippen molar-refractivity contribution in [3.8, 4) is 0 Å². The van der Waals surface area contributed by atoms with Crippen LogP contribution < -0.4 is 5.32 Å².